The van der Waals surface area contributed by atoms with Crippen molar-refractivity contribution in [1.29, 1.82) is 0 Å². The molecule has 0 unspecified atom stereocenters. The lowest BCUT2D eigenvalue weighted by atomic mass is 9.90. The molecule has 1 aliphatic rings. The van der Waals surface area contributed by atoms with Gasteiger partial charge in [0.1, 0.15) is 6.04 Å². The molecule has 20 heavy (non-hydrogen) atoms. The number of carbonyl (C=O) groups excluding carboxylic acids is 2. The molecule has 1 aliphatic heterocycles. The van der Waals surface area contributed by atoms with Crippen molar-refractivity contribution in [2.75, 3.05) is 6.54 Å². The van der Waals surface area contributed by atoms with Gasteiger partial charge in [-0.15, -0.1) is 0 Å². The highest BCUT2D eigenvalue weighted by Crippen LogP contribution is 2.26. The van der Waals surface area contributed by atoms with Crippen molar-refractivity contribution in [2.45, 2.75) is 37.8 Å². The fourth-order valence-electron chi connectivity index (χ4n) is 2.46. The van der Waals surface area contributed by atoms with Gasteiger partial charge >= 0.3 is 0 Å². The van der Waals surface area contributed by atoms with Crippen molar-refractivity contribution >= 4 is 11.8 Å². The number of benzene rings is 1. The Kier molecular flexibility index (Phi) is 4.74. The zero-order valence-corrected chi connectivity index (χ0v) is 11.6. The quantitative estimate of drug-likeness (QED) is 0.751. The van der Waals surface area contributed by atoms with Gasteiger partial charge in [0.2, 0.25) is 11.8 Å². The smallest absolute Gasteiger partial charge is 0.242 e. The minimum Gasteiger partial charge on any atom is -0.354 e. The predicted octanol–water partition coefficient (Wildman–Crippen LogP) is 0.512. The summed E-state index contributed by atoms with van der Waals surface area (Å²) in [6.45, 7) is 2.24. The molecule has 5 nitrogen and oxygen atoms in total. The van der Waals surface area contributed by atoms with E-state index in [1.807, 2.05) is 18.2 Å². The summed E-state index contributed by atoms with van der Waals surface area (Å²) in [6, 6.07) is 8.95. The normalized spacial score (nSPS) is 24.4. The molecule has 1 saturated heterocycles. The van der Waals surface area contributed by atoms with E-state index in [-0.39, 0.29) is 17.7 Å². The summed E-state index contributed by atoms with van der Waals surface area (Å²) in [4.78, 5) is 23.7. The number of hydrogen-bond acceptors (Lipinski definition) is 3. The van der Waals surface area contributed by atoms with Crippen molar-refractivity contribution in [3.8, 4) is 0 Å². The third-order valence-corrected chi connectivity index (χ3v) is 3.63. The maximum atomic E-state index is 12.0. The predicted molar refractivity (Wildman–Crippen MR) is 77.0 cm³/mol. The topological polar surface area (TPSA) is 84.2 Å². The average Bonchev–Trinajstić information content (AvgIpc) is 2.62. The number of rotatable bonds is 3. The van der Waals surface area contributed by atoms with Crippen molar-refractivity contribution in [3.63, 3.8) is 0 Å². The molecule has 1 aromatic carbocycles. The first-order valence-electron chi connectivity index (χ1n) is 6.96. The van der Waals surface area contributed by atoms with Crippen LogP contribution in [-0.2, 0) is 9.59 Å². The molecule has 2 amide bonds. The van der Waals surface area contributed by atoms with Crippen LogP contribution in [0.4, 0.5) is 0 Å². The van der Waals surface area contributed by atoms with Gasteiger partial charge in [0.15, 0.2) is 0 Å². The summed E-state index contributed by atoms with van der Waals surface area (Å²) < 4.78 is 0. The second-order valence-electron chi connectivity index (χ2n) is 5.27. The molecule has 4 N–H and O–H groups in total. The summed E-state index contributed by atoms with van der Waals surface area (Å²) >= 11 is 0. The Morgan fingerprint density at radius 2 is 2.10 bits per heavy atom. The van der Waals surface area contributed by atoms with Crippen molar-refractivity contribution < 1.29 is 9.59 Å². The van der Waals surface area contributed by atoms with Gasteiger partial charge in [0.25, 0.3) is 0 Å². The van der Waals surface area contributed by atoms with Crippen LogP contribution in [0.1, 0.15) is 31.2 Å². The largest absolute Gasteiger partial charge is 0.354 e. The second-order valence-corrected chi connectivity index (χ2v) is 5.27. The van der Waals surface area contributed by atoms with Crippen molar-refractivity contribution in [1.82, 2.24) is 10.6 Å². The molecular weight excluding hydrogens is 254 g/mol. The first-order chi connectivity index (χ1) is 9.58. The number of nitrogens with two attached hydrogens (primary N) is 1. The molecule has 1 heterocycles. The Balaban J connectivity index is 2.10. The summed E-state index contributed by atoms with van der Waals surface area (Å²) in [5.74, 6) is -0.162. The first kappa shape index (κ1) is 14.5. The van der Waals surface area contributed by atoms with Gasteiger partial charge in [-0.1, -0.05) is 30.3 Å². The molecular formula is C15H21N3O2. The summed E-state index contributed by atoms with van der Waals surface area (Å²) in [6.07, 6.45) is 1.48. The van der Waals surface area contributed by atoms with Gasteiger partial charge in [-0.25, -0.2) is 0 Å². The lowest BCUT2D eigenvalue weighted by Gasteiger charge is -2.20. The van der Waals surface area contributed by atoms with E-state index in [1.54, 1.807) is 6.92 Å². The fourth-order valence-corrected chi connectivity index (χ4v) is 2.46. The van der Waals surface area contributed by atoms with Crippen molar-refractivity contribution in [2.24, 2.45) is 5.73 Å². The Labute approximate surface area is 118 Å². The summed E-state index contributed by atoms with van der Waals surface area (Å²) in [7, 11) is 0. The maximum absolute atomic E-state index is 12.0. The molecule has 0 radical (unpaired) electrons. The van der Waals surface area contributed by atoms with Crippen molar-refractivity contribution in [3.05, 3.63) is 35.9 Å². The molecule has 2 rings (SSSR count). The standard InChI is InChI=1S/C15H21N3O2/c1-10(16)14(19)18-13-9-12(7-8-17-15(13)20)11-5-3-2-4-6-11/h2-6,10,12-13H,7-9,16H2,1H3,(H,17,20)(H,18,19)/t10-,12+,13-/m0/s1. The molecule has 3 atom stereocenters. The van der Waals surface area contributed by atoms with Crippen LogP contribution >= 0.6 is 0 Å². The highest BCUT2D eigenvalue weighted by molar-refractivity contribution is 5.89. The average molecular weight is 275 g/mol. The van der Waals surface area contributed by atoms with Gasteiger partial charge in [-0.05, 0) is 31.2 Å². The van der Waals surface area contributed by atoms with E-state index in [4.69, 9.17) is 5.73 Å². The van der Waals surface area contributed by atoms with Gasteiger partial charge in [-0.3, -0.25) is 9.59 Å². The highest BCUT2D eigenvalue weighted by Gasteiger charge is 2.28. The fraction of sp³-hybridized carbons (Fsp3) is 0.467. The molecule has 0 aromatic heterocycles. The lowest BCUT2D eigenvalue weighted by molar-refractivity contribution is -0.129. The van der Waals surface area contributed by atoms with Crippen LogP contribution in [0.5, 0.6) is 0 Å². The number of hydrogen-bond donors (Lipinski definition) is 3. The molecule has 0 aliphatic carbocycles. The van der Waals surface area contributed by atoms with Gasteiger partial charge in [0, 0.05) is 6.54 Å². The Morgan fingerprint density at radius 1 is 1.40 bits per heavy atom. The molecule has 1 aromatic rings. The molecule has 0 spiro atoms. The van der Waals surface area contributed by atoms with E-state index in [0.29, 0.717) is 13.0 Å². The molecule has 0 bridgehead atoms. The maximum Gasteiger partial charge on any atom is 0.242 e. The van der Waals surface area contributed by atoms with Gasteiger partial charge < -0.3 is 16.4 Å². The third-order valence-electron chi connectivity index (χ3n) is 3.63. The van der Waals surface area contributed by atoms with Crippen LogP contribution in [0.25, 0.3) is 0 Å². The van der Waals surface area contributed by atoms with E-state index in [1.165, 1.54) is 5.56 Å². The van der Waals surface area contributed by atoms with E-state index in [2.05, 4.69) is 22.8 Å². The second kappa shape index (κ2) is 6.52. The Morgan fingerprint density at radius 3 is 2.75 bits per heavy atom. The van der Waals surface area contributed by atoms with Crippen LogP contribution in [-0.4, -0.2) is 30.4 Å². The van der Waals surface area contributed by atoms with Crippen LogP contribution in [0.2, 0.25) is 0 Å². The lowest BCUT2D eigenvalue weighted by Crippen LogP contribution is -2.50. The number of carbonyl (C=O) groups is 2. The first-order valence-corrected chi connectivity index (χ1v) is 6.96. The minimum atomic E-state index is -0.610. The van der Waals surface area contributed by atoms with Gasteiger partial charge in [-0.2, -0.15) is 0 Å². The van der Waals surface area contributed by atoms with E-state index < -0.39 is 12.1 Å². The van der Waals surface area contributed by atoms with Crippen LogP contribution < -0.4 is 16.4 Å². The minimum absolute atomic E-state index is 0.127. The molecule has 108 valence electrons. The Bertz CT molecular complexity index is 473. The zero-order chi connectivity index (χ0) is 14.5. The van der Waals surface area contributed by atoms with E-state index in [9.17, 15) is 9.59 Å². The number of nitrogens with one attached hydrogen (secondary N) is 2. The highest BCUT2D eigenvalue weighted by atomic mass is 16.2. The third kappa shape index (κ3) is 3.57. The van der Waals surface area contributed by atoms with E-state index >= 15 is 0 Å². The van der Waals surface area contributed by atoms with Gasteiger partial charge in [0.05, 0.1) is 6.04 Å². The number of amides is 2. The molecule has 0 saturated carbocycles. The van der Waals surface area contributed by atoms with Crippen LogP contribution in [0, 0.1) is 0 Å². The monoisotopic (exact) mass is 275 g/mol. The van der Waals surface area contributed by atoms with Crippen LogP contribution in [0.15, 0.2) is 30.3 Å². The summed E-state index contributed by atoms with van der Waals surface area (Å²) in [5, 5.41) is 5.58. The summed E-state index contributed by atoms with van der Waals surface area (Å²) in [5.41, 5.74) is 6.74. The Hall–Kier alpha value is -1.88. The zero-order valence-electron chi connectivity index (χ0n) is 11.6. The van der Waals surface area contributed by atoms with Crippen LogP contribution in [0.3, 0.4) is 0 Å². The van der Waals surface area contributed by atoms with E-state index in [0.717, 1.165) is 6.42 Å². The SMILES string of the molecule is C[C@H](N)C(=O)N[C@H]1C[C@H](c2ccccc2)CCNC1=O. The molecule has 5 heteroatoms. The molecule has 1 fully saturated rings.